The van der Waals surface area contributed by atoms with Gasteiger partial charge in [0, 0.05) is 19.1 Å². The van der Waals surface area contributed by atoms with Gasteiger partial charge in [0.15, 0.2) is 0 Å². The molecule has 29 heavy (non-hydrogen) atoms. The summed E-state index contributed by atoms with van der Waals surface area (Å²) in [7, 11) is 0. The van der Waals surface area contributed by atoms with Crippen LogP contribution in [-0.2, 0) is 20.9 Å². The summed E-state index contributed by atoms with van der Waals surface area (Å²) in [6, 6.07) is 8.50. The normalized spacial score (nSPS) is 26.8. The molecule has 1 heterocycles. The molecule has 1 N–H and O–H groups in total. The Morgan fingerprint density at radius 2 is 1.83 bits per heavy atom. The molecule has 0 radical (unpaired) electrons. The van der Waals surface area contributed by atoms with Crippen molar-refractivity contribution in [2.75, 3.05) is 26.2 Å². The van der Waals surface area contributed by atoms with Crippen molar-refractivity contribution >= 4 is 12.1 Å². The molecule has 4 atom stereocenters. The van der Waals surface area contributed by atoms with Crippen LogP contribution in [0.1, 0.15) is 18.9 Å². The highest BCUT2D eigenvalue weighted by atomic mass is 19.4. The van der Waals surface area contributed by atoms with Gasteiger partial charge in [-0.05, 0) is 30.7 Å². The molecule has 1 aliphatic carbocycles. The lowest BCUT2D eigenvalue weighted by Crippen LogP contribution is -2.46. The average molecular weight is 414 g/mol. The molecule has 1 saturated carbocycles. The molecule has 1 amide bonds. The zero-order valence-electron chi connectivity index (χ0n) is 16.2. The Morgan fingerprint density at radius 1 is 1.14 bits per heavy atom. The lowest BCUT2D eigenvalue weighted by molar-refractivity contribution is -0.152. The lowest BCUT2D eigenvalue weighted by atomic mass is 9.93. The molecule has 160 valence electrons. The first-order valence-electron chi connectivity index (χ1n) is 9.69. The quantitative estimate of drug-likeness (QED) is 0.725. The second-order valence-electron chi connectivity index (χ2n) is 7.57. The predicted octanol–water partition coefficient (Wildman–Crippen LogP) is 2.97. The van der Waals surface area contributed by atoms with E-state index in [1.165, 1.54) is 4.90 Å². The minimum atomic E-state index is -4.31. The fourth-order valence-corrected chi connectivity index (χ4v) is 4.45. The van der Waals surface area contributed by atoms with Gasteiger partial charge in [-0.3, -0.25) is 9.69 Å². The fourth-order valence-electron chi connectivity index (χ4n) is 4.45. The number of nitrogens with zero attached hydrogens (tertiary/aromatic N) is 1. The number of benzene rings is 1. The van der Waals surface area contributed by atoms with Crippen molar-refractivity contribution in [2.24, 2.45) is 17.8 Å². The van der Waals surface area contributed by atoms with Crippen LogP contribution in [0.3, 0.4) is 0 Å². The Labute approximate surface area is 167 Å². The van der Waals surface area contributed by atoms with Crippen LogP contribution >= 0.6 is 0 Å². The number of fused-ring (bicyclic) bond motifs is 2. The van der Waals surface area contributed by atoms with Crippen molar-refractivity contribution in [2.45, 2.75) is 32.2 Å². The van der Waals surface area contributed by atoms with Crippen molar-refractivity contribution < 1.29 is 32.2 Å². The number of hydrogen-bond acceptors (Lipinski definition) is 5. The van der Waals surface area contributed by atoms with Crippen molar-refractivity contribution in [3.05, 3.63) is 35.9 Å². The van der Waals surface area contributed by atoms with Crippen LogP contribution in [0.2, 0.25) is 0 Å². The molecular weight excluding hydrogens is 389 g/mol. The molecule has 0 spiro atoms. The van der Waals surface area contributed by atoms with Gasteiger partial charge >= 0.3 is 18.2 Å². The summed E-state index contributed by atoms with van der Waals surface area (Å²) in [5.74, 6) is -1.73. The first-order valence-corrected chi connectivity index (χ1v) is 9.69. The maximum Gasteiger partial charge on any atom is 0.407 e. The van der Waals surface area contributed by atoms with Crippen LogP contribution in [0.4, 0.5) is 18.0 Å². The van der Waals surface area contributed by atoms with Gasteiger partial charge in [0.25, 0.3) is 0 Å². The third-order valence-corrected chi connectivity index (χ3v) is 5.45. The molecule has 6 nitrogen and oxygen atoms in total. The summed E-state index contributed by atoms with van der Waals surface area (Å²) in [4.78, 5) is 26.1. The first-order chi connectivity index (χ1) is 13.8. The van der Waals surface area contributed by atoms with E-state index in [4.69, 9.17) is 9.47 Å². The molecule has 0 unspecified atom stereocenters. The van der Waals surface area contributed by atoms with Gasteiger partial charge in [0.2, 0.25) is 0 Å². The zero-order chi connectivity index (χ0) is 21.0. The van der Waals surface area contributed by atoms with Crippen molar-refractivity contribution in [3.63, 3.8) is 0 Å². The number of alkyl carbamates (subject to hydrolysis) is 1. The predicted molar refractivity (Wildman–Crippen MR) is 97.8 cm³/mol. The second-order valence-corrected chi connectivity index (χ2v) is 7.57. The molecule has 1 saturated heterocycles. The Kier molecular flexibility index (Phi) is 6.66. The Morgan fingerprint density at radius 3 is 2.48 bits per heavy atom. The van der Waals surface area contributed by atoms with Gasteiger partial charge in [0.1, 0.15) is 6.61 Å². The second kappa shape index (κ2) is 9.02. The number of ether oxygens (including phenoxy) is 2. The van der Waals surface area contributed by atoms with Crippen molar-refractivity contribution in [1.29, 1.82) is 0 Å². The topological polar surface area (TPSA) is 67.9 Å². The number of hydrogen-bond donors (Lipinski definition) is 1. The number of amides is 1. The van der Waals surface area contributed by atoms with Crippen LogP contribution in [0.15, 0.2) is 30.3 Å². The number of nitrogens with one attached hydrogen (secondary N) is 1. The SMILES string of the molecule is CCOC(=O)[C@@H]1[C@@H]2C[C@@H](CN(CC(F)(F)F)C2)[C@@H]1NC(=O)OCc1ccccc1. The van der Waals surface area contributed by atoms with E-state index in [0.29, 0.717) is 6.42 Å². The molecule has 9 heteroatoms. The van der Waals surface area contributed by atoms with Gasteiger partial charge in [-0.15, -0.1) is 0 Å². The van der Waals surface area contributed by atoms with Gasteiger partial charge in [0.05, 0.1) is 19.1 Å². The molecule has 2 bridgehead atoms. The Balaban J connectivity index is 1.67. The van der Waals surface area contributed by atoms with Gasteiger partial charge < -0.3 is 14.8 Å². The van der Waals surface area contributed by atoms with Crippen LogP contribution in [0.25, 0.3) is 0 Å². The molecule has 3 rings (SSSR count). The first kappa shape index (κ1) is 21.4. The summed E-state index contributed by atoms with van der Waals surface area (Å²) < 4.78 is 48.9. The van der Waals surface area contributed by atoms with E-state index < -0.39 is 36.7 Å². The third kappa shape index (κ3) is 5.62. The molecule has 2 fully saturated rings. The van der Waals surface area contributed by atoms with Crippen molar-refractivity contribution in [1.82, 2.24) is 10.2 Å². The van der Waals surface area contributed by atoms with Gasteiger partial charge in [-0.2, -0.15) is 13.2 Å². The smallest absolute Gasteiger partial charge is 0.407 e. The van der Waals surface area contributed by atoms with E-state index in [0.717, 1.165) is 5.56 Å². The number of alkyl halides is 3. The fraction of sp³-hybridized carbons (Fsp3) is 0.600. The lowest BCUT2D eigenvalue weighted by Gasteiger charge is -2.32. The van der Waals surface area contributed by atoms with E-state index in [2.05, 4.69) is 5.32 Å². The number of rotatable bonds is 6. The molecule has 0 aromatic heterocycles. The highest BCUT2D eigenvalue weighted by Gasteiger charge is 2.53. The van der Waals surface area contributed by atoms with E-state index >= 15 is 0 Å². The minimum absolute atomic E-state index is 0.0672. The Hall–Kier alpha value is -2.29. The molecule has 1 aromatic carbocycles. The standard InChI is InChI=1S/C20H25F3N2O4/c1-2-28-18(26)16-14-8-15(10-25(9-14)12-20(21,22)23)17(16)24-19(27)29-11-13-6-4-3-5-7-13/h3-7,14-17H,2,8-12H2,1H3,(H,24,27)/t14-,15+,16-,17+/m1/s1. The Bertz CT molecular complexity index is 713. The number of likely N-dealkylation sites (tertiary alicyclic amines) is 1. The van der Waals surface area contributed by atoms with Crippen molar-refractivity contribution in [3.8, 4) is 0 Å². The third-order valence-electron chi connectivity index (χ3n) is 5.45. The monoisotopic (exact) mass is 414 g/mol. The largest absolute Gasteiger partial charge is 0.466 e. The van der Waals surface area contributed by atoms with Crippen LogP contribution in [0.5, 0.6) is 0 Å². The van der Waals surface area contributed by atoms with Crippen LogP contribution in [-0.4, -0.2) is 55.4 Å². The van der Waals surface area contributed by atoms with E-state index in [1.54, 1.807) is 6.92 Å². The molecule has 2 aliphatic rings. The van der Waals surface area contributed by atoms with Crippen LogP contribution < -0.4 is 5.32 Å². The van der Waals surface area contributed by atoms with E-state index in [9.17, 15) is 22.8 Å². The molecule has 1 aliphatic heterocycles. The number of piperidine rings is 1. The van der Waals surface area contributed by atoms with E-state index in [-0.39, 0.29) is 38.1 Å². The van der Waals surface area contributed by atoms with E-state index in [1.807, 2.05) is 30.3 Å². The zero-order valence-corrected chi connectivity index (χ0v) is 16.2. The summed E-state index contributed by atoms with van der Waals surface area (Å²) >= 11 is 0. The van der Waals surface area contributed by atoms with Gasteiger partial charge in [-0.1, -0.05) is 30.3 Å². The summed E-state index contributed by atoms with van der Waals surface area (Å²) in [5, 5.41) is 2.72. The molecular formula is C20H25F3N2O4. The van der Waals surface area contributed by atoms with Gasteiger partial charge in [-0.25, -0.2) is 4.79 Å². The van der Waals surface area contributed by atoms with Crippen LogP contribution in [0, 0.1) is 17.8 Å². The number of carbonyl (C=O) groups excluding carboxylic acids is 2. The summed E-state index contributed by atoms with van der Waals surface area (Å²) in [5.41, 5.74) is 0.811. The highest BCUT2D eigenvalue weighted by Crippen LogP contribution is 2.42. The molecule has 1 aromatic rings. The maximum atomic E-state index is 12.8. The number of carbonyl (C=O) groups is 2. The average Bonchev–Trinajstić information content (AvgIpc) is 2.89. The highest BCUT2D eigenvalue weighted by molar-refractivity contribution is 5.76. The summed E-state index contributed by atoms with van der Waals surface area (Å²) in [6.45, 7) is 1.19. The number of esters is 1. The summed E-state index contributed by atoms with van der Waals surface area (Å²) in [6.07, 6.45) is -4.43. The minimum Gasteiger partial charge on any atom is -0.466 e. The number of halogens is 3. The maximum absolute atomic E-state index is 12.8.